The fourth-order valence-electron chi connectivity index (χ4n) is 7.30. The highest BCUT2D eigenvalue weighted by Gasteiger charge is 2.42. The average Bonchev–Trinajstić information content (AvgIpc) is 3.31. The highest BCUT2D eigenvalue weighted by molar-refractivity contribution is 7.11. The fraction of sp³-hybridized carbons (Fsp3) is 0.211. The number of fused-ring (bicyclic) bond motifs is 3. The molecule has 2 aliphatic heterocycles. The van der Waals surface area contributed by atoms with Crippen molar-refractivity contribution < 1.29 is 12.3 Å². The lowest BCUT2D eigenvalue weighted by Crippen LogP contribution is -2.76. The van der Waals surface area contributed by atoms with Crippen LogP contribution in [0.2, 0.25) is 0 Å². The topological polar surface area (TPSA) is 6.48 Å². The minimum Gasteiger partial charge on any atom is -0.353 e. The van der Waals surface area contributed by atoms with E-state index in [0.717, 1.165) is 50.0 Å². The molecule has 206 valence electrons. The van der Waals surface area contributed by atoms with E-state index in [0.29, 0.717) is 5.46 Å². The molecule has 7 rings (SSSR count). The monoisotopic (exact) mass is 553 g/mol. The van der Waals surface area contributed by atoms with Crippen molar-refractivity contribution in [3.63, 3.8) is 0 Å². The summed E-state index contributed by atoms with van der Waals surface area (Å²) in [4.78, 5) is 4.47. The van der Waals surface area contributed by atoms with Crippen molar-refractivity contribution in [1.29, 1.82) is 0 Å². The molecule has 0 spiro atoms. The van der Waals surface area contributed by atoms with Gasteiger partial charge in [0.1, 0.15) is 6.17 Å². The van der Waals surface area contributed by atoms with E-state index in [1.807, 2.05) is 56.3 Å². The molecule has 2 nitrogen and oxygen atoms in total. The molecule has 0 radical (unpaired) electrons. The molecule has 0 amide bonds. The van der Waals surface area contributed by atoms with Crippen molar-refractivity contribution in [2.75, 3.05) is 16.8 Å². The Bertz CT molecular complexity index is 2140. The second-order valence-electron chi connectivity index (χ2n) is 11.7. The molecule has 0 saturated carbocycles. The first-order valence-corrected chi connectivity index (χ1v) is 14.5. The minimum absolute atomic E-state index is 0.0128. The van der Waals surface area contributed by atoms with E-state index in [-0.39, 0.29) is 28.3 Å². The van der Waals surface area contributed by atoms with Gasteiger partial charge in [0.05, 0.1) is 11.4 Å². The highest BCUT2D eigenvalue weighted by Crippen LogP contribution is 2.43. The van der Waals surface area contributed by atoms with Crippen LogP contribution in [0, 0.1) is 34.4 Å². The van der Waals surface area contributed by atoms with Crippen molar-refractivity contribution in [2.45, 2.75) is 47.5 Å². The summed E-state index contributed by atoms with van der Waals surface area (Å²) in [6.45, 7) is -2.80. The zero-order valence-electron chi connectivity index (χ0n) is 33.4. The van der Waals surface area contributed by atoms with Crippen molar-refractivity contribution in [2.24, 2.45) is 0 Å². The summed E-state index contributed by atoms with van der Waals surface area (Å²) in [7, 11) is 2.05. The lowest BCUT2D eigenvalue weighted by atomic mass is 9.20. The predicted octanol–water partition coefficient (Wildman–Crippen LogP) is 4.51. The summed E-state index contributed by atoms with van der Waals surface area (Å²) < 4.78 is 77.4. The normalized spacial score (nSPS) is 19.6. The summed E-state index contributed by atoms with van der Waals surface area (Å²) in [6, 6.07) is 30.0. The van der Waals surface area contributed by atoms with Gasteiger partial charge in [-0.15, -0.1) is 0 Å². The van der Waals surface area contributed by atoms with Gasteiger partial charge >= 0.3 is 0 Å². The molecule has 2 heterocycles. The van der Waals surface area contributed by atoms with E-state index in [1.54, 1.807) is 12.1 Å². The second-order valence-corrected chi connectivity index (χ2v) is 11.7. The quantitative estimate of drug-likeness (QED) is 0.298. The third-order valence-electron chi connectivity index (χ3n) is 9.36. The molecule has 1 atom stereocenters. The van der Waals surface area contributed by atoms with E-state index >= 15 is 0 Å². The Morgan fingerprint density at radius 1 is 0.548 bits per heavy atom. The van der Waals surface area contributed by atoms with Crippen LogP contribution in [0.1, 0.15) is 47.1 Å². The number of rotatable bonds is 3. The van der Waals surface area contributed by atoms with Crippen molar-refractivity contribution >= 4 is 63.3 Å². The van der Waals surface area contributed by atoms with Crippen molar-refractivity contribution in [3.05, 3.63) is 125 Å². The Balaban J connectivity index is 1.63. The van der Waals surface area contributed by atoms with Crippen LogP contribution in [0.25, 0.3) is 0 Å². The lowest BCUT2D eigenvalue weighted by molar-refractivity contribution is 0.733. The van der Waals surface area contributed by atoms with E-state index in [9.17, 15) is 0 Å². The van der Waals surface area contributed by atoms with Gasteiger partial charge in [0.25, 0.3) is 0 Å². The van der Waals surface area contributed by atoms with Gasteiger partial charge < -0.3 is 9.80 Å². The summed E-state index contributed by atoms with van der Waals surface area (Å²) >= 11 is 0. The zero-order chi connectivity index (χ0) is 36.8. The third kappa shape index (κ3) is 3.88. The van der Waals surface area contributed by atoms with E-state index in [1.165, 1.54) is 18.2 Å². The summed E-state index contributed by atoms with van der Waals surface area (Å²) in [5.74, 6) is 0. The maximum absolute atomic E-state index is 8.62. The molecule has 0 fully saturated rings. The first-order chi connectivity index (χ1) is 23.9. The SMILES string of the molecule is [2H]C([2H])([2H])c1cccc(C)c1B1c2ccccc2B(c2c(C([2H])([2H])[2H])cccc2C([2H])([2H])[2H])c2cc(N3c4ccccc4N(C)[C@@H]3C)c(C)cc21. The predicted molar refractivity (Wildman–Crippen MR) is 185 cm³/mol. The van der Waals surface area contributed by atoms with Gasteiger partial charge in [0.15, 0.2) is 0 Å². The number of hydrogen-bond donors (Lipinski definition) is 0. The molecule has 0 aliphatic carbocycles. The van der Waals surface area contributed by atoms with Gasteiger partial charge in [-0.2, -0.15) is 0 Å². The fourth-order valence-corrected chi connectivity index (χ4v) is 7.30. The lowest BCUT2D eigenvalue weighted by Gasteiger charge is -2.37. The van der Waals surface area contributed by atoms with Gasteiger partial charge in [-0.3, -0.25) is 0 Å². The minimum atomic E-state index is -2.61. The van der Waals surface area contributed by atoms with E-state index < -0.39 is 34.0 Å². The van der Waals surface area contributed by atoms with Crippen LogP contribution in [0.15, 0.2) is 97.1 Å². The van der Waals surface area contributed by atoms with E-state index in [2.05, 4.69) is 48.0 Å². The van der Waals surface area contributed by atoms with Crippen LogP contribution in [0.3, 0.4) is 0 Å². The molecule has 0 saturated heterocycles. The summed E-state index contributed by atoms with van der Waals surface area (Å²) in [6.07, 6.45) is -0.0598. The molecule has 0 N–H and O–H groups in total. The molecule has 0 bridgehead atoms. The maximum Gasteiger partial charge on any atom is 0.240 e. The molecule has 0 aromatic heterocycles. The van der Waals surface area contributed by atoms with Gasteiger partial charge in [0.2, 0.25) is 13.4 Å². The Hall–Kier alpha value is -4.17. The molecule has 0 unspecified atom stereocenters. The Morgan fingerprint density at radius 3 is 1.64 bits per heavy atom. The van der Waals surface area contributed by atoms with Crippen LogP contribution in [0.5, 0.6) is 0 Å². The average molecular weight is 553 g/mol. The van der Waals surface area contributed by atoms with Gasteiger partial charge in [-0.05, 0) is 65.1 Å². The first kappa shape index (κ1) is 18.4. The van der Waals surface area contributed by atoms with Crippen molar-refractivity contribution in [3.8, 4) is 0 Å². The molecular formula is C38H38B2N2. The highest BCUT2D eigenvalue weighted by atomic mass is 15.4. The Labute approximate surface area is 264 Å². The van der Waals surface area contributed by atoms with Crippen LogP contribution in [-0.4, -0.2) is 26.6 Å². The molecule has 5 aromatic rings. The second kappa shape index (κ2) is 9.98. The largest absolute Gasteiger partial charge is 0.353 e. The molecule has 42 heavy (non-hydrogen) atoms. The molecule has 4 heteroatoms. The molecule has 2 aliphatic rings. The van der Waals surface area contributed by atoms with Crippen LogP contribution >= 0.6 is 0 Å². The zero-order valence-corrected chi connectivity index (χ0v) is 24.4. The van der Waals surface area contributed by atoms with Crippen LogP contribution < -0.4 is 42.6 Å². The number of para-hydroxylation sites is 2. The van der Waals surface area contributed by atoms with Gasteiger partial charge in [-0.25, -0.2) is 0 Å². The maximum atomic E-state index is 8.62. The van der Waals surface area contributed by atoms with Crippen molar-refractivity contribution in [1.82, 2.24) is 0 Å². The number of benzene rings is 5. The third-order valence-corrected chi connectivity index (χ3v) is 9.36. The number of aryl methyl sites for hydroxylation is 5. The van der Waals surface area contributed by atoms with Gasteiger partial charge in [0, 0.05) is 25.1 Å². The summed E-state index contributed by atoms with van der Waals surface area (Å²) in [5.41, 5.74) is 9.07. The van der Waals surface area contributed by atoms with E-state index in [4.69, 9.17) is 12.3 Å². The Morgan fingerprint density at radius 2 is 1.05 bits per heavy atom. The van der Waals surface area contributed by atoms with Crippen LogP contribution in [0.4, 0.5) is 17.1 Å². The Kier molecular flexibility index (Phi) is 4.37. The standard InChI is InChI=1S/C38H38B2N2/c1-24-14-12-15-25(2)37(24)39-30-18-8-9-19-31(30)40(38-26(3)16-13-17-27(38)4)33-23-36(28(5)22-32(33)39)42-29(6)41(7)34-20-10-11-21-35(34)42/h8-23,29H,1-7H3/t29-/m0/s1/i1D3,3D3,4D3. The molecular weight excluding hydrogens is 506 g/mol. The number of anilines is 3. The smallest absolute Gasteiger partial charge is 0.240 e. The number of nitrogens with zero attached hydrogens (tertiary/aromatic N) is 2. The molecule has 5 aromatic carbocycles. The summed E-state index contributed by atoms with van der Waals surface area (Å²) in [5, 5.41) is 0. The van der Waals surface area contributed by atoms with Gasteiger partial charge in [-0.1, -0.05) is 134 Å². The van der Waals surface area contributed by atoms with Crippen LogP contribution in [-0.2, 0) is 0 Å². The first-order valence-electron chi connectivity index (χ1n) is 19.0. The number of hydrogen-bond acceptors (Lipinski definition) is 2.